The molecule has 19 heavy (non-hydrogen) atoms. The van der Waals surface area contributed by atoms with Crippen LogP contribution in [0, 0.1) is 0 Å². The first-order chi connectivity index (χ1) is 8.81. The summed E-state index contributed by atoms with van der Waals surface area (Å²) in [6, 6.07) is 0. The average molecular weight is 272 g/mol. The van der Waals surface area contributed by atoms with Gasteiger partial charge in [-0.15, -0.1) is 0 Å². The zero-order chi connectivity index (χ0) is 14.4. The molecule has 0 spiro atoms. The fraction of sp³-hybridized carbons (Fsp3) is 0.636. The van der Waals surface area contributed by atoms with E-state index in [4.69, 9.17) is 9.84 Å². The van der Waals surface area contributed by atoms with Gasteiger partial charge in [-0.05, 0) is 6.92 Å². The first kappa shape index (κ1) is 13.9. The largest absolute Gasteiger partial charge is 0.394 e. The van der Waals surface area contributed by atoms with Gasteiger partial charge in [-0.2, -0.15) is 0 Å². The third-order valence-corrected chi connectivity index (χ3v) is 3.49. The summed E-state index contributed by atoms with van der Waals surface area (Å²) in [6.07, 6.45) is -2.44. The molecule has 1 saturated heterocycles. The molecule has 2 heterocycles. The van der Waals surface area contributed by atoms with Crippen LogP contribution in [0.5, 0.6) is 0 Å². The van der Waals surface area contributed by atoms with E-state index >= 15 is 0 Å². The van der Waals surface area contributed by atoms with Crippen molar-refractivity contribution in [3.05, 3.63) is 32.6 Å². The molecule has 1 aromatic heterocycles. The highest BCUT2D eigenvalue weighted by atomic mass is 16.6. The Bertz CT molecular complexity index is 594. The quantitative estimate of drug-likeness (QED) is 0.468. The predicted molar refractivity (Wildman–Crippen MR) is 63.6 cm³/mol. The van der Waals surface area contributed by atoms with Crippen molar-refractivity contribution < 1.29 is 20.1 Å². The Morgan fingerprint density at radius 3 is 2.63 bits per heavy atom. The number of aliphatic hydroxyl groups excluding tert-OH is 3. The number of nitrogens with zero attached hydrogens (tertiary/aromatic N) is 1. The second-order valence-electron chi connectivity index (χ2n) is 4.79. The Kier molecular flexibility index (Phi) is 3.35. The van der Waals surface area contributed by atoms with Crippen LogP contribution in [0.3, 0.4) is 0 Å². The van der Waals surface area contributed by atoms with Gasteiger partial charge in [-0.1, -0.05) is 0 Å². The van der Waals surface area contributed by atoms with Gasteiger partial charge in [-0.25, -0.2) is 4.79 Å². The van der Waals surface area contributed by atoms with Crippen LogP contribution in [0.4, 0.5) is 0 Å². The Morgan fingerprint density at radius 2 is 2.11 bits per heavy atom. The molecule has 4 atom stereocenters. The number of hydrogen-bond donors (Lipinski definition) is 4. The third-order valence-electron chi connectivity index (χ3n) is 3.49. The van der Waals surface area contributed by atoms with Crippen LogP contribution in [-0.2, 0) is 17.4 Å². The van der Waals surface area contributed by atoms with Crippen molar-refractivity contribution in [3.8, 4) is 0 Å². The number of aliphatic hydroxyl groups is 3. The maximum absolute atomic E-state index is 11.8. The molecule has 106 valence electrons. The average Bonchev–Trinajstić information content (AvgIpc) is 2.59. The van der Waals surface area contributed by atoms with E-state index in [-0.39, 0.29) is 5.56 Å². The number of aromatic nitrogens is 2. The van der Waals surface area contributed by atoms with E-state index in [1.807, 2.05) is 0 Å². The van der Waals surface area contributed by atoms with Crippen LogP contribution < -0.4 is 11.2 Å². The molecule has 0 bridgehead atoms. The van der Waals surface area contributed by atoms with E-state index in [2.05, 4.69) is 4.98 Å². The van der Waals surface area contributed by atoms with E-state index in [1.165, 1.54) is 20.2 Å². The van der Waals surface area contributed by atoms with Gasteiger partial charge in [0, 0.05) is 13.2 Å². The summed E-state index contributed by atoms with van der Waals surface area (Å²) in [7, 11) is 1.44. The first-order valence-corrected chi connectivity index (χ1v) is 5.76. The van der Waals surface area contributed by atoms with Gasteiger partial charge in [0.25, 0.3) is 5.56 Å². The summed E-state index contributed by atoms with van der Waals surface area (Å²) < 4.78 is 6.53. The van der Waals surface area contributed by atoms with Gasteiger partial charge in [-0.3, -0.25) is 9.78 Å². The highest BCUT2D eigenvalue weighted by Gasteiger charge is 2.53. The van der Waals surface area contributed by atoms with Gasteiger partial charge in [0.1, 0.15) is 23.9 Å². The molecule has 0 aromatic carbocycles. The zero-order valence-electron chi connectivity index (χ0n) is 10.5. The predicted octanol–water partition coefficient (Wildman–Crippen LogP) is -2.60. The van der Waals surface area contributed by atoms with Crippen LogP contribution in [0.15, 0.2) is 15.8 Å². The summed E-state index contributed by atoms with van der Waals surface area (Å²) >= 11 is 0. The van der Waals surface area contributed by atoms with Crippen molar-refractivity contribution >= 4 is 0 Å². The van der Waals surface area contributed by atoms with Gasteiger partial charge in [0.05, 0.1) is 12.2 Å². The summed E-state index contributed by atoms with van der Waals surface area (Å²) in [4.78, 5) is 25.2. The van der Waals surface area contributed by atoms with Crippen LogP contribution in [0.25, 0.3) is 0 Å². The maximum atomic E-state index is 11.8. The Morgan fingerprint density at radius 1 is 1.47 bits per heavy atom. The molecular formula is C11H16N2O6. The van der Waals surface area contributed by atoms with Crippen molar-refractivity contribution in [1.82, 2.24) is 9.55 Å². The number of rotatable bonds is 2. The second kappa shape index (κ2) is 4.57. The van der Waals surface area contributed by atoms with E-state index in [1.54, 1.807) is 0 Å². The number of ether oxygens (including phenoxy) is 1. The number of hydrogen-bond acceptors (Lipinski definition) is 6. The standard InChI is InChI=1S/C11H16N2O6/c1-11(8(16)7(15)6(4-14)19-11)5-3-13(2)10(18)12-9(5)17/h3,6-8,14-16H,4H2,1-2H3,(H,12,17,18)/t6-,7-,8-,11+/m1/s1. The monoisotopic (exact) mass is 272 g/mol. The zero-order valence-corrected chi connectivity index (χ0v) is 10.5. The summed E-state index contributed by atoms with van der Waals surface area (Å²) in [5, 5.41) is 28.8. The van der Waals surface area contributed by atoms with Gasteiger partial charge < -0.3 is 24.6 Å². The maximum Gasteiger partial charge on any atom is 0.328 e. The molecule has 8 heteroatoms. The minimum absolute atomic E-state index is 0.0112. The lowest BCUT2D eigenvalue weighted by Crippen LogP contribution is -2.44. The second-order valence-corrected chi connectivity index (χ2v) is 4.79. The van der Waals surface area contributed by atoms with E-state index in [0.717, 1.165) is 4.57 Å². The molecule has 1 aliphatic rings. The number of nitrogens with one attached hydrogen (secondary N) is 1. The minimum atomic E-state index is -1.49. The lowest BCUT2D eigenvalue weighted by atomic mass is 9.90. The number of aromatic amines is 1. The van der Waals surface area contributed by atoms with Crippen LogP contribution in [0.1, 0.15) is 12.5 Å². The SMILES string of the molecule is Cn1cc([C@]2(C)O[C@H](CO)[C@@H](O)[C@H]2O)c(=O)[nH]c1=O. The normalized spacial score (nSPS) is 34.7. The number of H-pyrrole nitrogens is 1. The van der Waals surface area contributed by atoms with Crippen molar-refractivity contribution in [2.75, 3.05) is 6.61 Å². The minimum Gasteiger partial charge on any atom is -0.394 e. The molecule has 0 unspecified atom stereocenters. The molecule has 0 aliphatic carbocycles. The first-order valence-electron chi connectivity index (χ1n) is 5.76. The van der Waals surface area contributed by atoms with Crippen LogP contribution >= 0.6 is 0 Å². The van der Waals surface area contributed by atoms with Crippen LogP contribution in [0.2, 0.25) is 0 Å². The molecule has 4 N–H and O–H groups in total. The van der Waals surface area contributed by atoms with Crippen molar-refractivity contribution in [3.63, 3.8) is 0 Å². The Hall–Kier alpha value is -1.48. The van der Waals surface area contributed by atoms with Crippen molar-refractivity contribution in [2.24, 2.45) is 7.05 Å². The highest BCUT2D eigenvalue weighted by molar-refractivity contribution is 5.20. The molecule has 1 fully saturated rings. The molecule has 1 aliphatic heterocycles. The molecule has 8 nitrogen and oxygen atoms in total. The molecule has 0 amide bonds. The summed E-state index contributed by atoms with van der Waals surface area (Å²) in [5.41, 5.74) is -2.78. The highest BCUT2D eigenvalue weighted by Crippen LogP contribution is 2.37. The lowest BCUT2D eigenvalue weighted by molar-refractivity contribution is -0.0869. The molecule has 0 saturated carbocycles. The summed E-state index contributed by atoms with van der Waals surface area (Å²) in [6.45, 7) is 0.934. The topological polar surface area (TPSA) is 125 Å². The molecule has 2 rings (SSSR count). The number of aryl methyl sites for hydroxylation is 1. The molecule has 1 aromatic rings. The van der Waals surface area contributed by atoms with Gasteiger partial charge in [0.15, 0.2) is 0 Å². The van der Waals surface area contributed by atoms with Crippen molar-refractivity contribution in [2.45, 2.75) is 30.8 Å². The smallest absolute Gasteiger partial charge is 0.328 e. The lowest BCUT2D eigenvalue weighted by Gasteiger charge is -2.27. The fourth-order valence-corrected chi connectivity index (χ4v) is 2.27. The Labute approximate surface area is 107 Å². The summed E-state index contributed by atoms with van der Waals surface area (Å²) in [5.74, 6) is 0. The molecule has 0 radical (unpaired) electrons. The van der Waals surface area contributed by atoms with E-state index in [9.17, 15) is 19.8 Å². The molecular weight excluding hydrogens is 256 g/mol. The Balaban J connectivity index is 2.55. The fourth-order valence-electron chi connectivity index (χ4n) is 2.27. The van der Waals surface area contributed by atoms with Crippen molar-refractivity contribution in [1.29, 1.82) is 0 Å². The van der Waals surface area contributed by atoms with Gasteiger partial charge >= 0.3 is 5.69 Å². The van der Waals surface area contributed by atoms with E-state index in [0.29, 0.717) is 0 Å². The third kappa shape index (κ3) is 2.02. The van der Waals surface area contributed by atoms with E-state index < -0.39 is 41.8 Å². The van der Waals surface area contributed by atoms with Gasteiger partial charge in [0.2, 0.25) is 0 Å². The van der Waals surface area contributed by atoms with Crippen LogP contribution in [-0.4, -0.2) is 49.8 Å².